The van der Waals surface area contributed by atoms with E-state index in [1.807, 2.05) is 46.7 Å². The second kappa shape index (κ2) is 12.7. The third-order valence-corrected chi connectivity index (χ3v) is 8.55. The Balaban J connectivity index is 1.50. The fourth-order valence-corrected chi connectivity index (χ4v) is 6.20. The molecule has 1 aliphatic heterocycles. The fraction of sp³-hybridized carbons (Fsp3) is 0.241. The first kappa shape index (κ1) is 27.9. The fourth-order valence-electron chi connectivity index (χ4n) is 4.27. The monoisotopic (exact) mass is 589 g/mol. The molecule has 0 aliphatic carbocycles. The number of halogens is 1. The smallest absolute Gasteiger partial charge is 0.148 e. The van der Waals surface area contributed by atoms with Crippen molar-refractivity contribution in [2.75, 3.05) is 38.3 Å². The Labute approximate surface area is 245 Å². The molecule has 0 saturated carbocycles. The summed E-state index contributed by atoms with van der Waals surface area (Å²) < 4.78 is 10.9. The van der Waals surface area contributed by atoms with E-state index in [0.29, 0.717) is 62.7 Å². The van der Waals surface area contributed by atoms with Gasteiger partial charge in [0.2, 0.25) is 0 Å². The molecule has 0 radical (unpaired) electrons. The maximum absolute atomic E-state index is 10.3. The predicted octanol–water partition coefficient (Wildman–Crippen LogP) is 5.77. The Kier molecular flexibility index (Phi) is 8.85. The van der Waals surface area contributed by atoms with E-state index >= 15 is 0 Å². The Morgan fingerprint density at radius 3 is 2.40 bits per heavy atom. The summed E-state index contributed by atoms with van der Waals surface area (Å²) in [4.78, 5) is 11.6. The highest BCUT2D eigenvalue weighted by Crippen LogP contribution is 2.40. The number of anilines is 1. The molecular formula is C29H24ClN5O3S2. The van der Waals surface area contributed by atoms with Crippen molar-refractivity contribution in [2.24, 2.45) is 0 Å². The molecular weight excluding hydrogens is 566 g/mol. The van der Waals surface area contributed by atoms with Gasteiger partial charge in [-0.15, -0.1) is 11.3 Å². The molecule has 0 unspecified atom stereocenters. The number of nitrogens with zero attached hydrogens (tertiary/aromatic N) is 5. The van der Waals surface area contributed by atoms with E-state index in [2.05, 4.69) is 12.1 Å². The number of aromatic nitrogens is 2. The van der Waals surface area contributed by atoms with E-state index in [-0.39, 0.29) is 19.3 Å². The van der Waals surface area contributed by atoms with Gasteiger partial charge in [0, 0.05) is 47.5 Å². The first-order chi connectivity index (χ1) is 19.5. The van der Waals surface area contributed by atoms with Gasteiger partial charge in [-0.3, -0.25) is 0 Å². The van der Waals surface area contributed by atoms with Crippen molar-refractivity contribution < 1.29 is 14.6 Å². The molecule has 4 aromatic rings. The van der Waals surface area contributed by atoms with Gasteiger partial charge in [0.05, 0.1) is 24.0 Å². The molecule has 1 aliphatic rings. The number of nitriles is 2. The third-order valence-electron chi connectivity index (χ3n) is 6.35. The summed E-state index contributed by atoms with van der Waals surface area (Å²) in [5.74, 6) is 1.63. The van der Waals surface area contributed by atoms with Crippen LogP contribution in [0.2, 0.25) is 5.02 Å². The molecule has 1 fully saturated rings. The lowest BCUT2D eigenvalue weighted by atomic mass is 9.95. The molecule has 5 rings (SSSR count). The van der Waals surface area contributed by atoms with Crippen molar-refractivity contribution >= 4 is 40.5 Å². The zero-order valence-electron chi connectivity index (χ0n) is 21.5. The molecule has 0 amide bonds. The molecule has 0 atom stereocenters. The molecule has 202 valence electrons. The lowest BCUT2D eigenvalue weighted by Gasteiger charge is -2.39. The van der Waals surface area contributed by atoms with Crippen LogP contribution in [0.25, 0.3) is 21.7 Å². The predicted molar refractivity (Wildman–Crippen MR) is 157 cm³/mol. The van der Waals surface area contributed by atoms with Crippen LogP contribution in [0, 0.1) is 22.7 Å². The standard InChI is InChI=1S/C29H24ClN5O3S2/c1-37-23-14-35(15-23)27-24(12-31)26(18-4-8-22(9-5-18)38-11-10-36)25(13-32)29(34-27)40-17-21-16-39-28(33-21)19-2-6-20(30)7-3-19/h2-9,16,23,36H,10-11,14-15,17H2,1H3. The van der Waals surface area contributed by atoms with E-state index in [1.54, 1.807) is 30.6 Å². The molecule has 0 bridgehead atoms. The summed E-state index contributed by atoms with van der Waals surface area (Å²) in [5.41, 5.74) is 3.78. The average molecular weight is 590 g/mol. The maximum Gasteiger partial charge on any atom is 0.148 e. The third kappa shape index (κ3) is 5.92. The second-order valence-corrected chi connectivity index (χ2v) is 11.1. The van der Waals surface area contributed by atoms with Gasteiger partial charge in [0.1, 0.15) is 45.9 Å². The van der Waals surface area contributed by atoms with Crippen molar-refractivity contribution in [2.45, 2.75) is 16.9 Å². The van der Waals surface area contributed by atoms with Crippen LogP contribution in [0.15, 0.2) is 58.9 Å². The number of rotatable bonds is 10. The van der Waals surface area contributed by atoms with Gasteiger partial charge in [0.25, 0.3) is 0 Å². The van der Waals surface area contributed by atoms with Gasteiger partial charge in [-0.2, -0.15) is 10.5 Å². The largest absolute Gasteiger partial charge is 0.491 e. The zero-order valence-corrected chi connectivity index (χ0v) is 23.9. The maximum atomic E-state index is 10.3. The first-order valence-corrected chi connectivity index (χ1v) is 14.6. The summed E-state index contributed by atoms with van der Waals surface area (Å²) in [6.07, 6.45) is 0.0628. The number of thiazole rings is 1. The molecule has 2 aromatic carbocycles. The van der Waals surface area contributed by atoms with Crippen LogP contribution in [0.3, 0.4) is 0 Å². The average Bonchev–Trinajstić information content (AvgIpc) is 3.43. The topological polar surface area (TPSA) is 115 Å². The van der Waals surface area contributed by atoms with E-state index in [4.69, 9.17) is 36.1 Å². The van der Waals surface area contributed by atoms with E-state index < -0.39 is 0 Å². The number of benzene rings is 2. The lowest BCUT2D eigenvalue weighted by Crippen LogP contribution is -2.52. The number of pyridine rings is 1. The SMILES string of the molecule is COC1CN(c2nc(SCc3csc(-c4ccc(Cl)cc4)n3)c(C#N)c(-c3ccc(OCCO)cc3)c2C#N)C1. The van der Waals surface area contributed by atoms with Crippen molar-refractivity contribution in [1.29, 1.82) is 10.5 Å². The number of aliphatic hydroxyl groups excluding tert-OH is 1. The van der Waals surface area contributed by atoms with Crippen molar-refractivity contribution in [3.8, 4) is 39.6 Å². The summed E-state index contributed by atoms with van der Waals surface area (Å²) in [6.45, 7) is 1.31. The Morgan fingerprint density at radius 1 is 1.05 bits per heavy atom. The minimum atomic E-state index is -0.0916. The number of hydrogen-bond acceptors (Lipinski definition) is 10. The van der Waals surface area contributed by atoms with Gasteiger partial charge in [-0.05, 0) is 29.8 Å². The van der Waals surface area contributed by atoms with Crippen LogP contribution < -0.4 is 9.64 Å². The molecule has 0 spiro atoms. The first-order valence-electron chi connectivity index (χ1n) is 12.4. The number of thioether (sulfide) groups is 1. The van der Waals surface area contributed by atoms with E-state index in [9.17, 15) is 10.5 Å². The van der Waals surface area contributed by atoms with Crippen LogP contribution >= 0.6 is 34.7 Å². The lowest BCUT2D eigenvalue weighted by molar-refractivity contribution is 0.0782. The summed E-state index contributed by atoms with van der Waals surface area (Å²) in [7, 11) is 1.67. The van der Waals surface area contributed by atoms with Crippen LogP contribution in [0.1, 0.15) is 16.8 Å². The second-order valence-electron chi connectivity index (χ2n) is 8.89. The van der Waals surface area contributed by atoms with Gasteiger partial charge in [-0.25, -0.2) is 9.97 Å². The Bertz CT molecular complexity index is 1570. The molecule has 40 heavy (non-hydrogen) atoms. The quantitative estimate of drug-likeness (QED) is 0.230. The summed E-state index contributed by atoms with van der Waals surface area (Å²) >= 11 is 8.99. The normalized spacial score (nSPS) is 13.0. The minimum absolute atomic E-state index is 0.0628. The number of ether oxygens (including phenoxy) is 2. The molecule has 8 nitrogen and oxygen atoms in total. The highest BCUT2D eigenvalue weighted by Gasteiger charge is 2.32. The van der Waals surface area contributed by atoms with Gasteiger partial charge >= 0.3 is 0 Å². The van der Waals surface area contributed by atoms with Gasteiger partial charge < -0.3 is 19.5 Å². The Hall–Kier alpha value is -3.64. The molecule has 1 N–H and O–H groups in total. The van der Waals surface area contributed by atoms with Gasteiger partial charge in [0.15, 0.2) is 0 Å². The van der Waals surface area contributed by atoms with Crippen molar-refractivity contribution in [3.63, 3.8) is 0 Å². The number of methoxy groups -OCH3 is 1. The van der Waals surface area contributed by atoms with Crippen LogP contribution in [0.4, 0.5) is 5.82 Å². The highest BCUT2D eigenvalue weighted by molar-refractivity contribution is 7.98. The number of hydrogen-bond donors (Lipinski definition) is 1. The van der Waals surface area contributed by atoms with Crippen molar-refractivity contribution in [1.82, 2.24) is 9.97 Å². The molecule has 11 heteroatoms. The molecule has 2 aromatic heterocycles. The Morgan fingerprint density at radius 2 is 1.75 bits per heavy atom. The number of aliphatic hydroxyl groups is 1. The molecule has 3 heterocycles. The van der Waals surface area contributed by atoms with Crippen LogP contribution in [-0.4, -0.2) is 54.6 Å². The van der Waals surface area contributed by atoms with Crippen molar-refractivity contribution in [3.05, 3.63) is 75.8 Å². The molecule has 1 saturated heterocycles. The van der Waals surface area contributed by atoms with E-state index in [1.165, 1.54) is 11.8 Å². The highest BCUT2D eigenvalue weighted by atomic mass is 35.5. The van der Waals surface area contributed by atoms with Crippen LogP contribution in [0.5, 0.6) is 5.75 Å². The minimum Gasteiger partial charge on any atom is -0.491 e. The van der Waals surface area contributed by atoms with Crippen LogP contribution in [-0.2, 0) is 10.5 Å². The summed E-state index contributed by atoms with van der Waals surface area (Å²) in [6, 6.07) is 19.3. The summed E-state index contributed by atoms with van der Waals surface area (Å²) in [5, 5.41) is 33.7. The van der Waals surface area contributed by atoms with E-state index in [0.717, 1.165) is 16.3 Å². The zero-order chi connectivity index (χ0) is 28.1. The van der Waals surface area contributed by atoms with Gasteiger partial charge in [-0.1, -0.05) is 47.6 Å².